The number of hydrogen-bond acceptors (Lipinski definition) is 5. The fourth-order valence-corrected chi connectivity index (χ4v) is 4.94. The molecule has 34 heavy (non-hydrogen) atoms. The van der Waals surface area contributed by atoms with Crippen molar-refractivity contribution < 1.29 is 14.3 Å². The lowest BCUT2D eigenvalue weighted by Gasteiger charge is -2.32. The number of esters is 1. The summed E-state index contributed by atoms with van der Waals surface area (Å²) in [6, 6.07) is 14.7. The number of hydrazone groups is 1. The molecule has 0 bridgehead atoms. The topological polar surface area (TPSA) is 62.2 Å². The van der Waals surface area contributed by atoms with Gasteiger partial charge < -0.3 is 4.74 Å². The van der Waals surface area contributed by atoms with E-state index in [0.717, 1.165) is 29.7 Å². The van der Waals surface area contributed by atoms with E-state index < -0.39 is 0 Å². The van der Waals surface area contributed by atoms with Gasteiger partial charge in [0, 0.05) is 12.0 Å². The van der Waals surface area contributed by atoms with Gasteiger partial charge in [-0.1, -0.05) is 53.6 Å². The molecule has 0 aromatic heterocycles. The van der Waals surface area contributed by atoms with Crippen LogP contribution in [0.4, 0.5) is 0 Å². The molecule has 6 nitrogen and oxygen atoms in total. The van der Waals surface area contributed by atoms with E-state index in [0.29, 0.717) is 32.7 Å². The van der Waals surface area contributed by atoms with Crippen molar-refractivity contribution in [2.75, 3.05) is 26.2 Å². The maximum atomic E-state index is 13.5. The molecule has 0 radical (unpaired) electrons. The van der Waals surface area contributed by atoms with E-state index in [-0.39, 0.29) is 23.8 Å². The Labute approximate surface area is 202 Å². The van der Waals surface area contributed by atoms with Gasteiger partial charge >= 0.3 is 5.97 Å². The molecule has 2 aliphatic heterocycles. The van der Waals surface area contributed by atoms with Crippen LogP contribution in [0.1, 0.15) is 60.0 Å². The fraction of sp³-hybridized carbons (Fsp3) is 0.464. The highest BCUT2D eigenvalue weighted by Crippen LogP contribution is 2.34. The lowest BCUT2D eigenvalue weighted by molar-refractivity contribution is -0.149. The fourth-order valence-electron chi connectivity index (χ4n) is 4.94. The van der Waals surface area contributed by atoms with Gasteiger partial charge in [-0.2, -0.15) is 5.10 Å². The number of carbonyl (C=O) groups excluding carboxylic acids is 2. The zero-order valence-corrected chi connectivity index (χ0v) is 20.7. The molecule has 2 aliphatic rings. The summed E-state index contributed by atoms with van der Waals surface area (Å²) in [5, 5.41) is 6.55. The van der Waals surface area contributed by atoms with Crippen LogP contribution < -0.4 is 0 Å². The first-order chi connectivity index (χ1) is 16.4. The first-order valence-electron chi connectivity index (χ1n) is 12.3. The smallest absolute Gasteiger partial charge is 0.309 e. The number of ether oxygens (including phenoxy) is 1. The Morgan fingerprint density at radius 1 is 1.00 bits per heavy atom. The molecule has 1 atom stereocenters. The summed E-state index contributed by atoms with van der Waals surface area (Å²) >= 11 is 0. The van der Waals surface area contributed by atoms with Gasteiger partial charge in [0.25, 0.3) is 5.91 Å². The van der Waals surface area contributed by atoms with E-state index in [1.165, 1.54) is 16.7 Å². The normalized spacial score (nSPS) is 19.2. The summed E-state index contributed by atoms with van der Waals surface area (Å²) in [7, 11) is 0. The Kier molecular flexibility index (Phi) is 7.47. The molecule has 1 amide bonds. The molecule has 0 spiro atoms. The van der Waals surface area contributed by atoms with Crippen molar-refractivity contribution in [3.8, 4) is 0 Å². The molecule has 0 aliphatic carbocycles. The van der Waals surface area contributed by atoms with Gasteiger partial charge in [-0.05, 0) is 64.8 Å². The highest BCUT2D eigenvalue weighted by atomic mass is 16.5. The van der Waals surface area contributed by atoms with Crippen molar-refractivity contribution in [1.29, 1.82) is 0 Å². The van der Waals surface area contributed by atoms with Crippen LogP contribution in [-0.4, -0.2) is 53.7 Å². The van der Waals surface area contributed by atoms with Crippen LogP contribution in [0.3, 0.4) is 0 Å². The lowest BCUT2D eigenvalue weighted by Crippen LogP contribution is -2.43. The molecule has 2 aromatic carbocycles. The molecule has 180 valence electrons. The summed E-state index contributed by atoms with van der Waals surface area (Å²) < 4.78 is 5.17. The Morgan fingerprint density at radius 3 is 2.32 bits per heavy atom. The number of likely N-dealkylation sites (tertiary alicyclic amines) is 1. The minimum atomic E-state index is -0.116. The van der Waals surface area contributed by atoms with Gasteiger partial charge in [0.2, 0.25) is 0 Å². The molecule has 4 rings (SSSR count). The molecule has 2 aromatic rings. The molecule has 0 saturated carbocycles. The van der Waals surface area contributed by atoms with Crippen molar-refractivity contribution in [2.45, 2.75) is 53.0 Å². The highest BCUT2D eigenvalue weighted by molar-refractivity contribution is 6.04. The Morgan fingerprint density at radius 2 is 1.68 bits per heavy atom. The maximum Gasteiger partial charge on any atom is 0.309 e. The number of benzene rings is 2. The van der Waals surface area contributed by atoms with E-state index in [4.69, 9.17) is 9.84 Å². The summed E-state index contributed by atoms with van der Waals surface area (Å²) in [4.78, 5) is 27.7. The second-order valence-corrected chi connectivity index (χ2v) is 9.54. The molecule has 2 heterocycles. The van der Waals surface area contributed by atoms with Gasteiger partial charge in [-0.25, -0.2) is 5.01 Å². The Hall–Kier alpha value is -2.99. The third-order valence-electron chi connectivity index (χ3n) is 6.89. The number of hydrogen-bond donors (Lipinski definition) is 0. The van der Waals surface area contributed by atoms with E-state index in [2.05, 4.69) is 68.1 Å². The van der Waals surface area contributed by atoms with E-state index >= 15 is 0 Å². The molecule has 6 heteroatoms. The predicted octanol–water partition coefficient (Wildman–Crippen LogP) is 4.56. The first kappa shape index (κ1) is 24.1. The lowest BCUT2D eigenvalue weighted by atomic mass is 9.95. The number of rotatable bonds is 6. The van der Waals surface area contributed by atoms with Crippen LogP contribution in [0, 0.1) is 26.7 Å². The van der Waals surface area contributed by atoms with Crippen LogP contribution in [-0.2, 0) is 14.3 Å². The van der Waals surface area contributed by atoms with Crippen molar-refractivity contribution >= 4 is 17.6 Å². The summed E-state index contributed by atoms with van der Waals surface area (Å²) in [6.07, 6.45) is 2.15. The average Bonchev–Trinajstić information content (AvgIpc) is 3.25. The van der Waals surface area contributed by atoms with Crippen molar-refractivity contribution in [1.82, 2.24) is 9.91 Å². The van der Waals surface area contributed by atoms with E-state index in [1.54, 1.807) is 5.01 Å². The summed E-state index contributed by atoms with van der Waals surface area (Å²) in [6.45, 7) is 10.2. The zero-order valence-electron chi connectivity index (χ0n) is 20.7. The van der Waals surface area contributed by atoms with Crippen molar-refractivity contribution in [3.05, 3.63) is 70.3 Å². The van der Waals surface area contributed by atoms with Gasteiger partial charge in [-0.15, -0.1) is 0 Å². The largest absolute Gasteiger partial charge is 0.466 e. The highest BCUT2D eigenvalue weighted by Gasteiger charge is 2.35. The minimum Gasteiger partial charge on any atom is -0.466 e. The third-order valence-corrected chi connectivity index (χ3v) is 6.89. The van der Waals surface area contributed by atoms with Crippen LogP contribution >= 0.6 is 0 Å². The molecule has 0 unspecified atom stereocenters. The third kappa shape index (κ3) is 5.39. The Balaban J connectivity index is 1.51. The van der Waals surface area contributed by atoms with Gasteiger partial charge in [0.1, 0.15) is 0 Å². The van der Waals surface area contributed by atoms with Crippen LogP contribution in [0.25, 0.3) is 0 Å². The zero-order chi connectivity index (χ0) is 24.2. The molecule has 0 N–H and O–H groups in total. The number of piperidine rings is 1. The SMILES string of the molecule is CCOC(=O)C1CCN(CC(=O)N2N=C(c3ccc(C)cc3C)C[C@@H]2c2ccc(C)cc2)CC1. The van der Waals surface area contributed by atoms with Crippen molar-refractivity contribution in [2.24, 2.45) is 11.0 Å². The van der Waals surface area contributed by atoms with E-state index in [9.17, 15) is 9.59 Å². The monoisotopic (exact) mass is 461 g/mol. The van der Waals surface area contributed by atoms with Crippen molar-refractivity contribution in [3.63, 3.8) is 0 Å². The number of carbonyl (C=O) groups is 2. The number of amides is 1. The Bertz CT molecular complexity index is 1070. The van der Waals surface area contributed by atoms with Crippen LogP contribution in [0.2, 0.25) is 0 Å². The molecule has 1 fully saturated rings. The van der Waals surface area contributed by atoms with Crippen LogP contribution in [0.5, 0.6) is 0 Å². The quantitative estimate of drug-likeness (QED) is 0.592. The van der Waals surface area contributed by atoms with Crippen LogP contribution in [0.15, 0.2) is 47.6 Å². The van der Waals surface area contributed by atoms with Gasteiger partial charge in [0.15, 0.2) is 0 Å². The summed E-state index contributed by atoms with van der Waals surface area (Å²) in [5.74, 6) is -0.178. The van der Waals surface area contributed by atoms with E-state index in [1.807, 2.05) is 6.92 Å². The van der Waals surface area contributed by atoms with Gasteiger partial charge in [-0.3, -0.25) is 14.5 Å². The first-order valence-corrected chi connectivity index (χ1v) is 12.3. The van der Waals surface area contributed by atoms with Gasteiger partial charge in [0.05, 0.1) is 30.8 Å². The maximum absolute atomic E-state index is 13.5. The molecular formula is C28H35N3O3. The predicted molar refractivity (Wildman–Crippen MR) is 134 cm³/mol. The second-order valence-electron chi connectivity index (χ2n) is 9.54. The average molecular weight is 462 g/mol. The summed E-state index contributed by atoms with van der Waals surface area (Å²) in [5.41, 5.74) is 6.75. The number of nitrogens with zero attached hydrogens (tertiary/aromatic N) is 3. The molecular weight excluding hydrogens is 426 g/mol. The standard InChI is InChI=1S/C28H35N3O3/c1-5-34-28(33)23-12-14-30(15-13-23)18-27(32)31-26(22-9-6-19(2)7-10-22)17-25(29-31)24-11-8-20(3)16-21(24)4/h6-11,16,23,26H,5,12-15,17-18H2,1-4H3/t26-/m1/s1. The second kappa shape index (κ2) is 10.5. The minimum absolute atomic E-state index is 0.0000699. The number of aryl methyl sites for hydroxylation is 3. The molecule has 1 saturated heterocycles.